The zero-order chi connectivity index (χ0) is 15.1. The maximum Gasteiger partial charge on any atom is 0.319 e. The van der Waals surface area contributed by atoms with Crippen LogP contribution in [0.25, 0.3) is 0 Å². The second-order valence-electron chi connectivity index (χ2n) is 4.49. The molecule has 0 aromatic heterocycles. The maximum atomic E-state index is 11.7. The molecular formula is C16H18N2O3. The lowest BCUT2D eigenvalue weighted by atomic mass is 10.1. The fourth-order valence-corrected chi connectivity index (χ4v) is 1.83. The average molecular weight is 286 g/mol. The second kappa shape index (κ2) is 7.31. The van der Waals surface area contributed by atoms with E-state index in [-0.39, 0.29) is 12.6 Å². The van der Waals surface area contributed by atoms with E-state index in [1.807, 2.05) is 30.3 Å². The number of methoxy groups -OCH3 is 1. The lowest BCUT2D eigenvalue weighted by molar-refractivity contribution is 0.175. The number of ether oxygens (including phenoxy) is 1. The van der Waals surface area contributed by atoms with E-state index in [4.69, 9.17) is 4.74 Å². The Morgan fingerprint density at radius 2 is 1.81 bits per heavy atom. The molecule has 2 aromatic rings. The second-order valence-corrected chi connectivity index (χ2v) is 4.49. The first kappa shape index (κ1) is 14.9. The SMILES string of the molecule is COc1ccc(NC(=O)NCC(O)c2ccccc2)cc1. The molecule has 3 N–H and O–H groups in total. The number of carbonyl (C=O) groups is 1. The van der Waals surface area contributed by atoms with E-state index in [0.717, 1.165) is 11.3 Å². The molecule has 0 saturated heterocycles. The standard InChI is InChI=1S/C16H18N2O3/c1-21-14-9-7-13(8-10-14)18-16(20)17-11-15(19)12-5-3-2-4-6-12/h2-10,15,19H,11H2,1H3,(H2,17,18,20). The van der Waals surface area contributed by atoms with Crippen molar-refractivity contribution >= 4 is 11.7 Å². The van der Waals surface area contributed by atoms with Gasteiger partial charge in [0.1, 0.15) is 5.75 Å². The van der Waals surface area contributed by atoms with Gasteiger partial charge in [-0.05, 0) is 29.8 Å². The van der Waals surface area contributed by atoms with Crippen LogP contribution in [0.2, 0.25) is 0 Å². The largest absolute Gasteiger partial charge is 0.497 e. The van der Waals surface area contributed by atoms with Crippen molar-refractivity contribution in [2.75, 3.05) is 19.0 Å². The molecule has 0 saturated carbocycles. The minimum atomic E-state index is -0.729. The molecule has 1 unspecified atom stereocenters. The summed E-state index contributed by atoms with van der Waals surface area (Å²) in [7, 11) is 1.58. The molecule has 0 spiro atoms. The molecule has 5 heteroatoms. The molecule has 0 aliphatic heterocycles. The summed E-state index contributed by atoms with van der Waals surface area (Å²) in [6.45, 7) is 0.145. The lowest BCUT2D eigenvalue weighted by Gasteiger charge is -2.13. The Hall–Kier alpha value is -2.53. The van der Waals surface area contributed by atoms with E-state index in [2.05, 4.69) is 10.6 Å². The number of hydrogen-bond donors (Lipinski definition) is 3. The summed E-state index contributed by atoms with van der Waals surface area (Å²) in [6, 6.07) is 15.8. The van der Waals surface area contributed by atoms with Gasteiger partial charge >= 0.3 is 6.03 Å². The molecule has 0 heterocycles. The van der Waals surface area contributed by atoms with E-state index < -0.39 is 6.10 Å². The van der Waals surface area contributed by atoms with Crippen LogP contribution in [0.4, 0.5) is 10.5 Å². The van der Waals surface area contributed by atoms with Gasteiger partial charge in [-0.1, -0.05) is 30.3 Å². The van der Waals surface area contributed by atoms with Crippen molar-refractivity contribution in [3.05, 3.63) is 60.2 Å². The average Bonchev–Trinajstić information content (AvgIpc) is 2.54. The van der Waals surface area contributed by atoms with E-state index >= 15 is 0 Å². The van der Waals surface area contributed by atoms with Gasteiger partial charge in [-0.15, -0.1) is 0 Å². The summed E-state index contributed by atoms with van der Waals surface area (Å²) in [5, 5.41) is 15.3. The van der Waals surface area contributed by atoms with Gasteiger partial charge in [0, 0.05) is 12.2 Å². The van der Waals surface area contributed by atoms with Crippen molar-refractivity contribution in [1.29, 1.82) is 0 Å². The molecule has 21 heavy (non-hydrogen) atoms. The molecular weight excluding hydrogens is 268 g/mol. The molecule has 5 nitrogen and oxygen atoms in total. The molecule has 0 radical (unpaired) electrons. The summed E-state index contributed by atoms with van der Waals surface area (Å²) in [5.74, 6) is 0.723. The van der Waals surface area contributed by atoms with E-state index in [0.29, 0.717) is 5.69 Å². The summed E-state index contributed by atoms with van der Waals surface area (Å²) in [5.41, 5.74) is 1.42. The first-order chi connectivity index (χ1) is 10.2. The molecule has 2 amide bonds. The number of rotatable bonds is 5. The van der Waals surface area contributed by atoms with Crippen LogP contribution in [0.5, 0.6) is 5.75 Å². The van der Waals surface area contributed by atoms with Gasteiger partial charge in [0.25, 0.3) is 0 Å². The fraction of sp³-hybridized carbons (Fsp3) is 0.188. The monoisotopic (exact) mass is 286 g/mol. The topological polar surface area (TPSA) is 70.6 Å². The highest BCUT2D eigenvalue weighted by Gasteiger charge is 2.09. The third-order valence-corrected chi connectivity index (χ3v) is 2.99. The van der Waals surface area contributed by atoms with Crippen LogP contribution < -0.4 is 15.4 Å². The summed E-state index contributed by atoms with van der Waals surface area (Å²) in [6.07, 6.45) is -0.729. The van der Waals surface area contributed by atoms with Crippen LogP contribution >= 0.6 is 0 Å². The molecule has 0 aliphatic carbocycles. The molecule has 2 rings (SSSR count). The number of carbonyl (C=O) groups excluding carboxylic acids is 1. The Morgan fingerprint density at radius 1 is 1.14 bits per heavy atom. The molecule has 1 atom stereocenters. The Balaban J connectivity index is 1.81. The normalized spacial score (nSPS) is 11.5. The van der Waals surface area contributed by atoms with Crippen LogP contribution in [0.3, 0.4) is 0 Å². The first-order valence-electron chi connectivity index (χ1n) is 6.61. The van der Waals surface area contributed by atoms with Crippen LogP contribution in [-0.2, 0) is 0 Å². The number of aliphatic hydroxyl groups excluding tert-OH is 1. The van der Waals surface area contributed by atoms with Gasteiger partial charge in [-0.2, -0.15) is 0 Å². The molecule has 0 aliphatic rings. The third-order valence-electron chi connectivity index (χ3n) is 2.99. The van der Waals surface area contributed by atoms with Gasteiger partial charge < -0.3 is 20.5 Å². The Kier molecular flexibility index (Phi) is 5.17. The quantitative estimate of drug-likeness (QED) is 0.791. The van der Waals surface area contributed by atoms with Crippen molar-refractivity contribution < 1.29 is 14.6 Å². The molecule has 2 aromatic carbocycles. The Labute approximate surface area is 123 Å². The Bertz CT molecular complexity index is 570. The molecule has 0 bridgehead atoms. The minimum Gasteiger partial charge on any atom is -0.497 e. The number of urea groups is 1. The predicted molar refractivity (Wildman–Crippen MR) is 81.4 cm³/mol. The van der Waals surface area contributed by atoms with Crippen LogP contribution in [0.1, 0.15) is 11.7 Å². The zero-order valence-electron chi connectivity index (χ0n) is 11.7. The predicted octanol–water partition coefficient (Wildman–Crippen LogP) is 2.55. The number of aliphatic hydroxyl groups is 1. The summed E-state index contributed by atoms with van der Waals surface area (Å²) < 4.78 is 5.04. The van der Waals surface area contributed by atoms with Crippen molar-refractivity contribution in [2.45, 2.75) is 6.10 Å². The van der Waals surface area contributed by atoms with E-state index in [1.54, 1.807) is 31.4 Å². The van der Waals surface area contributed by atoms with Gasteiger partial charge in [0.15, 0.2) is 0 Å². The van der Waals surface area contributed by atoms with Crippen molar-refractivity contribution in [2.24, 2.45) is 0 Å². The van der Waals surface area contributed by atoms with E-state index in [1.165, 1.54) is 0 Å². The van der Waals surface area contributed by atoms with Crippen LogP contribution in [-0.4, -0.2) is 24.8 Å². The minimum absolute atomic E-state index is 0.145. The van der Waals surface area contributed by atoms with Crippen LogP contribution in [0.15, 0.2) is 54.6 Å². The summed E-state index contributed by atoms with van der Waals surface area (Å²) >= 11 is 0. The third kappa shape index (κ3) is 4.50. The van der Waals surface area contributed by atoms with E-state index in [9.17, 15) is 9.90 Å². The van der Waals surface area contributed by atoms with Gasteiger partial charge in [-0.25, -0.2) is 4.79 Å². The van der Waals surface area contributed by atoms with Crippen molar-refractivity contribution in [3.8, 4) is 5.75 Å². The smallest absolute Gasteiger partial charge is 0.319 e. The van der Waals surface area contributed by atoms with Crippen LogP contribution in [0, 0.1) is 0 Å². The van der Waals surface area contributed by atoms with Crippen molar-refractivity contribution in [3.63, 3.8) is 0 Å². The highest BCUT2D eigenvalue weighted by Crippen LogP contribution is 2.15. The van der Waals surface area contributed by atoms with Gasteiger partial charge in [0.2, 0.25) is 0 Å². The van der Waals surface area contributed by atoms with Gasteiger partial charge in [-0.3, -0.25) is 0 Å². The fourth-order valence-electron chi connectivity index (χ4n) is 1.83. The first-order valence-corrected chi connectivity index (χ1v) is 6.61. The lowest BCUT2D eigenvalue weighted by Crippen LogP contribution is -2.32. The van der Waals surface area contributed by atoms with Crippen molar-refractivity contribution in [1.82, 2.24) is 5.32 Å². The highest BCUT2D eigenvalue weighted by molar-refractivity contribution is 5.89. The summed E-state index contributed by atoms with van der Waals surface area (Å²) in [4.78, 5) is 11.7. The molecule has 110 valence electrons. The molecule has 0 fully saturated rings. The van der Waals surface area contributed by atoms with Gasteiger partial charge in [0.05, 0.1) is 13.2 Å². The number of hydrogen-bond acceptors (Lipinski definition) is 3. The number of nitrogens with one attached hydrogen (secondary N) is 2. The maximum absolute atomic E-state index is 11.7. The highest BCUT2D eigenvalue weighted by atomic mass is 16.5. The zero-order valence-corrected chi connectivity index (χ0v) is 11.7. The number of amides is 2. The Morgan fingerprint density at radius 3 is 2.43 bits per heavy atom. The number of benzene rings is 2. The number of anilines is 1.